The second-order valence-electron chi connectivity index (χ2n) is 4.98. The normalized spacial score (nSPS) is 10.8. The molecule has 0 saturated carbocycles. The third-order valence-electron chi connectivity index (χ3n) is 2.95. The van der Waals surface area contributed by atoms with E-state index in [0.29, 0.717) is 10.7 Å². The van der Waals surface area contributed by atoms with Gasteiger partial charge in [-0.3, -0.25) is 19.6 Å². The van der Waals surface area contributed by atoms with Gasteiger partial charge in [-0.05, 0) is 6.92 Å². The number of nitro benzene ring substituents is 1. The number of anilines is 1. The van der Waals surface area contributed by atoms with Crippen molar-refractivity contribution in [1.82, 2.24) is 9.78 Å². The summed E-state index contributed by atoms with van der Waals surface area (Å²) in [5, 5.41) is 17.8. The van der Waals surface area contributed by atoms with Crippen LogP contribution >= 0.6 is 11.6 Å². The zero-order chi connectivity index (χ0) is 18.6. The SMILES string of the molecule is Cc1nn(CC(=O)Nc2cc(OCC(F)F)cc([N+](=O)[O-])c2)cc1Cl. The van der Waals surface area contributed by atoms with Gasteiger partial charge in [-0.15, -0.1) is 0 Å². The number of carbonyl (C=O) groups is 1. The van der Waals surface area contributed by atoms with Crippen LogP contribution in [0, 0.1) is 17.0 Å². The molecule has 1 amide bonds. The summed E-state index contributed by atoms with van der Waals surface area (Å²) in [7, 11) is 0. The summed E-state index contributed by atoms with van der Waals surface area (Å²) in [6.45, 7) is 0.576. The first-order chi connectivity index (χ1) is 11.7. The largest absolute Gasteiger partial charge is 0.487 e. The summed E-state index contributed by atoms with van der Waals surface area (Å²) in [5.74, 6) is -0.678. The van der Waals surface area contributed by atoms with E-state index in [0.717, 1.165) is 12.1 Å². The van der Waals surface area contributed by atoms with Crippen molar-refractivity contribution in [2.24, 2.45) is 0 Å². The van der Waals surface area contributed by atoms with Gasteiger partial charge in [0.2, 0.25) is 5.91 Å². The number of ether oxygens (including phenoxy) is 1. The molecule has 25 heavy (non-hydrogen) atoms. The topological polar surface area (TPSA) is 99.3 Å². The quantitative estimate of drug-likeness (QED) is 0.593. The average molecular weight is 375 g/mol. The Balaban J connectivity index is 2.13. The lowest BCUT2D eigenvalue weighted by Gasteiger charge is -2.09. The third kappa shape index (κ3) is 5.38. The fourth-order valence-electron chi connectivity index (χ4n) is 1.93. The number of aromatic nitrogens is 2. The fraction of sp³-hybridized carbons (Fsp3) is 0.286. The number of aryl methyl sites for hydroxylation is 1. The first-order valence-electron chi connectivity index (χ1n) is 6.94. The molecule has 134 valence electrons. The zero-order valence-electron chi connectivity index (χ0n) is 12.9. The number of alkyl halides is 2. The van der Waals surface area contributed by atoms with Crippen molar-refractivity contribution in [2.75, 3.05) is 11.9 Å². The molecule has 1 aromatic heterocycles. The van der Waals surface area contributed by atoms with Crippen LogP contribution in [0.1, 0.15) is 5.69 Å². The Labute approximate surface area is 145 Å². The van der Waals surface area contributed by atoms with E-state index in [1.54, 1.807) is 6.92 Å². The van der Waals surface area contributed by atoms with Crippen molar-refractivity contribution in [1.29, 1.82) is 0 Å². The van der Waals surface area contributed by atoms with Gasteiger partial charge in [0.25, 0.3) is 12.1 Å². The minimum absolute atomic E-state index is 0.0402. The van der Waals surface area contributed by atoms with E-state index in [2.05, 4.69) is 10.4 Å². The monoisotopic (exact) mass is 374 g/mol. The van der Waals surface area contributed by atoms with Gasteiger partial charge in [-0.1, -0.05) is 11.6 Å². The van der Waals surface area contributed by atoms with E-state index in [1.807, 2.05) is 0 Å². The standard InChI is InChI=1S/C14H13ClF2N4O4/c1-8-12(15)5-20(19-8)6-14(22)18-9-2-10(21(23)24)4-11(3-9)25-7-13(16)17/h2-5,13H,6-7H2,1H3,(H,18,22). The summed E-state index contributed by atoms with van der Waals surface area (Å²) in [5.41, 5.74) is 0.186. The molecule has 0 unspecified atom stereocenters. The number of nitrogens with zero attached hydrogens (tertiary/aromatic N) is 3. The highest BCUT2D eigenvalue weighted by Crippen LogP contribution is 2.26. The predicted octanol–water partition coefficient (Wildman–Crippen LogP) is 3.04. The molecule has 0 aliphatic heterocycles. The zero-order valence-corrected chi connectivity index (χ0v) is 13.7. The second kappa shape index (κ2) is 7.88. The first-order valence-corrected chi connectivity index (χ1v) is 7.32. The predicted molar refractivity (Wildman–Crippen MR) is 85.2 cm³/mol. The number of nitro groups is 1. The smallest absolute Gasteiger partial charge is 0.275 e. The summed E-state index contributed by atoms with van der Waals surface area (Å²) in [4.78, 5) is 22.2. The highest BCUT2D eigenvalue weighted by atomic mass is 35.5. The molecular weight excluding hydrogens is 362 g/mol. The maximum atomic E-state index is 12.2. The Morgan fingerprint density at radius 3 is 2.76 bits per heavy atom. The Morgan fingerprint density at radius 1 is 1.48 bits per heavy atom. The van der Waals surface area contributed by atoms with Gasteiger partial charge in [-0.2, -0.15) is 5.10 Å². The van der Waals surface area contributed by atoms with Crippen LogP contribution in [-0.4, -0.2) is 33.6 Å². The lowest BCUT2D eigenvalue weighted by molar-refractivity contribution is -0.384. The number of non-ortho nitro benzene ring substituents is 1. The summed E-state index contributed by atoms with van der Waals surface area (Å²) in [6.07, 6.45) is -1.27. The number of hydrogen-bond acceptors (Lipinski definition) is 5. The molecule has 0 radical (unpaired) electrons. The Kier molecular flexibility index (Phi) is 5.86. The average Bonchev–Trinajstić information content (AvgIpc) is 2.82. The van der Waals surface area contributed by atoms with Crippen molar-refractivity contribution < 1.29 is 23.2 Å². The maximum Gasteiger partial charge on any atom is 0.275 e. The van der Waals surface area contributed by atoms with Gasteiger partial charge in [0, 0.05) is 18.3 Å². The highest BCUT2D eigenvalue weighted by molar-refractivity contribution is 6.31. The molecule has 2 rings (SSSR count). The van der Waals surface area contributed by atoms with Gasteiger partial charge in [0.1, 0.15) is 18.9 Å². The third-order valence-corrected chi connectivity index (χ3v) is 3.32. The summed E-state index contributed by atoms with van der Waals surface area (Å²) >= 11 is 5.84. The van der Waals surface area contributed by atoms with Crippen LogP contribution < -0.4 is 10.1 Å². The Hall–Kier alpha value is -2.75. The van der Waals surface area contributed by atoms with Crippen LogP contribution in [-0.2, 0) is 11.3 Å². The second-order valence-corrected chi connectivity index (χ2v) is 5.39. The number of benzene rings is 1. The van der Waals surface area contributed by atoms with Gasteiger partial charge in [0.05, 0.1) is 27.4 Å². The molecule has 0 aliphatic rings. The molecule has 0 atom stereocenters. The van der Waals surface area contributed by atoms with Crippen LogP contribution in [0.4, 0.5) is 20.2 Å². The van der Waals surface area contributed by atoms with Crippen LogP contribution in [0.15, 0.2) is 24.4 Å². The van der Waals surface area contributed by atoms with Crippen molar-refractivity contribution >= 4 is 28.9 Å². The summed E-state index contributed by atoms with van der Waals surface area (Å²) < 4.78 is 30.5. The van der Waals surface area contributed by atoms with Gasteiger partial charge in [-0.25, -0.2) is 8.78 Å². The number of amides is 1. The molecule has 0 bridgehead atoms. The molecule has 2 aromatic rings. The van der Waals surface area contributed by atoms with E-state index >= 15 is 0 Å². The van der Waals surface area contributed by atoms with Crippen LogP contribution in [0.2, 0.25) is 5.02 Å². The number of rotatable bonds is 7. The molecule has 1 N–H and O–H groups in total. The molecule has 0 saturated heterocycles. The molecule has 11 heteroatoms. The lowest BCUT2D eigenvalue weighted by atomic mass is 10.2. The number of hydrogen-bond donors (Lipinski definition) is 1. The lowest BCUT2D eigenvalue weighted by Crippen LogP contribution is -2.19. The minimum Gasteiger partial charge on any atom is -0.487 e. The minimum atomic E-state index is -2.73. The van der Waals surface area contributed by atoms with Crippen LogP contribution in [0.3, 0.4) is 0 Å². The molecule has 0 aliphatic carbocycles. The van der Waals surface area contributed by atoms with Crippen LogP contribution in [0.5, 0.6) is 5.75 Å². The molecular formula is C14H13ClF2N4O4. The van der Waals surface area contributed by atoms with E-state index in [9.17, 15) is 23.7 Å². The molecule has 0 spiro atoms. The Morgan fingerprint density at radius 2 is 2.20 bits per heavy atom. The molecule has 8 nitrogen and oxygen atoms in total. The molecule has 0 fully saturated rings. The van der Waals surface area contributed by atoms with Crippen molar-refractivity contribution in [3.8, 4) is 5.75 Å². The molecule has 1 aromatic carbocycles. The fourth-order valence-corrected chi connectivity index (χ4v) is 2.08. The van der Waals surface area contributed by atoms with E-state index in [1.165, 1.54) is 16.9 Å². The molecule has 1 heterocycles. The van der Waals surface area contributed by atoms with E-state index in [4.69, 9.17) is 16.3 Å². The first kappa shape index (κ1) is 18.6. The Bertz CT molecular complexity index is 778. The highest BCUT2D eigenvalue weighted by Gasteiger charge is 2.14. The van der Waals surface area contributed by atoms with E-state index in [-0.39, 0.29) is 18.0 Å². The number of carbonyl (C=O) groups excluding carboxylic acids is 1. The van der Waals surface area contributed by atoms with Gasteiger partial charge >= 0.3 is 0 Å². The number of nitrogens with one attached hydrogen (secondary N) is 1. The van der Waals surface area contributed by atoms with Gasteiger partial charge in [0.15, 0.2) is 0 Å². The van der Waals surface area contributed by atoms with Crippen molar-refractivity contribution in [2.45, 2.75) is 19.9 Å². The van der Waals surface area contributed by atoms with Gasteiger partial charge < -0.3 is 10.1 Å². The summed E-state index contributed by atoms with van der Waals surface area (Å²) in [6, 6.07) is 3.30. The number of halogens is 3. The van der Waals surface area contributed by atoms with Crippen LogP contribution in [0.25, 0.3) is 0 Å². The van der Waals surface area contributed by atoms with E-state index < -0.39 is 29.6 Å². The van der Waals surface area contributed by atoms with Crippen molar-refractivity contribution in [3.63, 3.8) is 0 Å². The van der Waals surface area contributed by atoms with Crippen molar-refractivity contribution in [3.05, 3.63) is 45.2 Å². The maximum absolute atomic E-state index is 12.2.